The molecule has 2 aromatic carbocycles. The number of benzene rings is 2. The Labute approximate surface area is 245 Å². The van der Waals surface area contributed by atoms with Gasteiger partial charge in [-0.2, -0.15) is 13.2 Å². The van der Waals surface area contributed by atoms with E-state index in [4.69, 9.17) is 42.9 Å². The molecule has 4 rings (SSSR count). The Morgan fingerprint density at radius 3 is 2.19 bits per heavy atom. The van der Waals surface area contributed by atoms with Crippen molar-refractivity contribution in [3.8, 4) is 16.9 Å². The van der Waals surface area contributed by atoms with Crippen molar-refractivity contribution in [3.63, 3.8) is 0 Å². The Balaban J connectivity index is 0.000000416. The molecule has 0 aliphatic carbocycles. The SMILES string of the molecule is CN1CCN(Cc2c(O)ccc3c(=O)c(-c4ccc(Cl)cc4Cl)c(C(F)(F)F)oc23)CC1.O=C([O-])C(O)C(O)C(=O)O. The largest absolute Gasteiger partial charge is 0.547 e. The maximum atomic E-state index is 14.0. The van der Waals surface area contributed by atoms with E-state index in [2.05, 4.69) is 4.90 Å². The maximum Gasteiger partial charge on any atom is 0.450 e. The number of rotatable bonds is 6. The lowest BCUT2D eigenvalue weighted by Crippen LogP contribution is -2.46. The molecule has 1 aliphatic rings. The van der Waals surface area contributed by atoms with Gasteiger partial charge >= 0.3 is 12.1 Å². The summed E-state index contributed by atoms with van der Waals surface area (Å²) in [5.41, 5.74) is -1.85. The second-order valence-corrected chi connectivity index (χ2v) is 10.2. The summed E-state index contributed by atoms with van der Waals surface area (Å²) in [6.45, 7) is 3.05. The van der Waals surface area contributed by atoms with Crippen LogP contribution in [-0.2, 0) is 22.3 Å². The zero-order valence-corrected chi connectivity index (χ0v) is 23.2. The summed E-state index contributed by atoms with van der Waals surface area (Å²) in [7, 11) is 1.98. The van der Waals surface area contributed by atoms with Crippen LogP contribution in [0.15, 0.2) is 39.5 Å². The number of carbonyl (C=O) groups is 2. The minimum Gasteiger partial charge on any atom is -0.547 e. The number of hydrogen-bond acceptors (Lipinski definition) is 10. The highest BCUT2D eigenvalue weighted by atomic mass is 35.5. The molecule has 0 spiro atoms. The van der Waals surface area contributed by atoms with Gasteiger partial charge in [0.15, 0.2) is 6.10 Å². The van der Waals surface area contributed by atoms with Crippen molar-refractivity contribution in [1.29, 1.82) is 0 Å². The first-order valence-corrected chi connectivity index (χ1v) is 12.8. The fourth-order valence-electron chi connectivity index (χ4n) is 4.09. The number of phenols is 1. The molecule has 2 unspecified atom stereocenters. The van der Waals surface area contributed by atoms with E-state index in [1.165, 1.54) is 30.3 Å². The molecule has 0 saturated carbocycles. The number of alkyl halides is 3. The first-order chi connectivity index (χ1) is 19.5. The first-order valence-electron chi connectivity index (χ1n) is 12.1. The number of aromatic hydroxyl groups is 1. The van der Waals surface area contributed by atoms with Crippen LogP contribution in [0.5, 0.6) is 5.75 Å². The number of fused-ring (bicyclic) bond motifs is 1. The van der Waals surface area contributed by atoms with Gasteiger partial charge in [-0.3, -0.25) is 9.69 Å². The van der Waals surface area contributed by atoms with Gasteiger partial charge in [0, 0.05) is 43.3 Å². The lowest BCUT2D eigenvalue weighted by molar-refractivity contribution is -0.318. The van der Waals surface area contributed by atoms with Crippen LogP contribution in [0.2, 0.25) is 10.0 Å². The number of carbonyl (C=O) groups excluding carboxylic acids is 1. The van der Waals surface area contributed by atoms with Crippen LogP contribution in [0.4, 0.5) is 13.2 Å². The highest BCUT2D eigenvalue weighted by Crippen LogP contribution is 2.41. The third-order valence-corrected chi connectivity index (χ3v) is 6.92. The standard InChI is InChI=1S/C22H19Cl2F3N2O3.C4H6O6/c1-28-6-8-29(9-7-28)11-15-17(30)5-4-14-19(31)18(13-3-2-12(23)10-16(13)24)21(22(25,26)27)32-20(14)15;5-1(3(7)8)2(6)4(9)10/h2-5,10,30H,6-9,11H2,1H3;1-2,5-6H,(H,7,8)(H,9,10)/p-1. The van der Waals surface area contributed by atoms with Gasteiger partial charge in [-0.15, -0.1) is 0 Å². The highest BCUT2D eigenvalue weighted by Gasteiger charge is 2.40. The number of carboxylic acids is 2. The quantitative estimate of drug-likeness (QED) is 0.311. The third-order valence-electron chi connectivity index (χ3n) is 6.37. The predicted molar refractivity (Wildman–Crippen MR) is 142 cm³/mol. The lowest BCUT2D eigenvalue weighted by Gasteiger charge is -2.32. The Hall–Kier alpha value is -3.40. The van der Waals surface area contributed by atoms with Gasteiger partial charge in [-0.1, -0.05) is 29.3 Å². The average molecular weight is 636 g/mol. The number of aliphatic hydroxyl groups is 2. The van der Waals surface area contributed by atoms with E-state index in [-0.39, 0.29) is 44.4 Å². The Bertz CT molecular complexity index is 1520. The van der Waals surface area contributed by atoms with Gasteiger partial charge in [0.1, 0.15) is 17.4 Å². The van der Waals surface area contributed by atoms with Gasteiger partial charge in [0.25, 0.3) is 0 Å². The Morgan fingerprint density at radius 2 is 1.69 bits per heavy atom. The number of likely N-dealkylation sites (N-methyl/N-ethyl adjacent to an activating group) is 1. The molecule has 228 valence electrons. The second kappa shape index (κ2) is 13.3. The average Bonchev–Trinajstić information content (AvgIpc) is 2.90. The van der Waals surface area contributed by atoms with Crippen molar-refractivity contribution in [3.05, 3.63) is 61.9 Å². The van der Waals surface area contributed by atoms with E-state index in [9.17, 15) is 37.8 Å². The smallest absolute Gasteiger partial charge is 0.450 e. The fraction of sp³-hybridized carbons (Fsp3) is 0.346. The molecule has 3 aromatic rings. The Kier molecular flexibility index (Phi) is 10.5. The minimum atomic E-state index is -4.97. The van der Waals surface area contributed by atoms with E-state index < -0.39 is 47.1 Å². The molecule has 2 heterocycles. The third kappa shape index (κ3) is 7.51. The number of hydrogen-bond donors (Lipinski definition) is 4. The molecule has 1 fully saturated rings. The van der Waals surface area contributed by atoms with Crippen LogP contribution in [0.1, 0.15) is 11.3 Å². The molecule has 0 bridgehead atoms. The van der Waals surface area contributed by atoms with Crippen LogP contribution in [0.3, 0.4) is 0 Å². The first kappa shape index (κ1) is 33.1. The second-order valence-electron chi connectivity index (χ2n) is 9.32. The number of halogens is 5. The van der Waals surface area contributed by atoms with Gasteiger partial charge in [-0.25, -0.2) is 4.79 Å². The molecule has 2 atom stereocenters. The minimum absolute atomic E-state index is 0.0686. The summed E-state index contributed by atoms with van der Waals surface area (Å²) in [5, 5.41) is 44.6. The summed E-state index contributed by atoms with van der Waals surface area (Å²) in [5.74, 6) is -5.53. The van der Waals surface area contributed by atoms with Crippen LogP contribution in [-0.4, -0.2) is 87.6 Å². The number of nitrogens with zero attached hydrogens (tertiary/aromatic N) is 2. The molecule has 0 amide bonds. The van der Waals surface area contributed by atoms with Crippen LogP contribution < -0.4 is 10.5 Å². The molecule has 11 nitrogen and oxygen atoms in total. The highest BCUT2D eigenvalue weighted by molar-refractivity contribution is 6.36. The maximum absolute atomic E-state index is 14.0. The van der Waals surface area contributed by atoms with Gasteiger partial charge in [0.05, 0.1) is 27.5 Å². The summed E-state index contributed by atoms with van der Waals surface area (Å²) in [4.78, 5) is 36.8. The number of aliphatic carboxylic acids is 2. The van der Waals surface area contributed by atoms with Gasteiger partial charge in [-0.05, 0) is 31.3 Å². The zero-order chi connectivity index (χ0) is 31.5. The number of carboxylic acid groups (broad SMARTS) is 2. The summed E-state index contributed by atoms with van der Waals surface area (Å²) >= 11 is 12.0. The molecule has 1 aromatic heterocycles. The molecule has 1 aliphatic heterocycles. The summed E-state index contributed by atoms with van der Waals surface area (Å²) in [6, 6.07) is 6.42. The van der Waals surface area contributed by atoms with Crippen molar-refractivity contribution in [1.82, 2.24) is 9.80 Å². The summed E-state index contributed by atoms with van der Waals surface area (Å²) in [6.07, 6.45) is -9.68. The van der Waals surface area contributed by atoms with Gasteiger partial charge in [0.2, 0.25) is 11.2 Å². The molecule has 16 heteroatoms. The van der Waals surface area contributed by atoms with Crippen molar-refractivity contribution in [2.75, 3.05) is 33.2 Å². The van der Waals surface area contributed by atoms with E-state index in [0.717, 1.165) is 13.1 Å². The summed E-state index contributed by atoms with van der Waals surface area (Å²) < 4.78 is 47.4. The zero-order valence-electron chi connectivity index (χ0n) is 21.7. The van der Waals surface area contributed by atoms with E-state index in [0.29, 0.717) is 13.1 Å². The molecule has 4 N–H and O–H groups in total. The normalized spacial score (nSPS) is 16.0. The van der Waals surface area contributed by atoms with E-state index >= 15 is 0 Å². The molecule has 0 radical (unpaired) electrons. The van der Waals surface area contributed by atoms with Crippen LogP contribution in [0, 0.1) is 0 Å². The van der Waals surface area contributed by atoms with Crippen molar-refractivity contribution in [2.24, 2.45) is 0 Å². The molecular weight excluding hydrogens is 612 g/mol. The van der Waals surface area contributed by atoms with Crippen molar-refractivity contribution < 1.29 is 52.7 Å². The van der Waals surface area contributed by atoms with Crippen molar-refractivity contribution >= 4 is 46.1 Å². The molecule has 42 heavy (non-hydrogen) atoms. The van der Waals surface area contributed by atoms with Crippen LogP contribution in [0.25, 0.3) is 22.1 Å². The van der Waals surface area contributed by atoms with Crippen molar-refractivity contribution in [2.45, 2.75) is 24.9 Å². The van der Waals surface area contributed by atoms with Crippen LogP contribution >= 0.6 is 23.2 Å². The number of phenolic OH excluding ortho intramolecular Hbond substituents is 1. The predicted octanol–water partition coefficient (Wildman–Crippen LogP) is 1.78. The topological polar surface area (TPSA) is 175 Å². The van der Waals surface area contributed by atoms with Gasteiger partial charge < -0.3 is 39.6 Å². The number of aliphatic hydroxyl groups excluding tert-OH is 2. The van der Waals surface area contributed by atoms with E-state index in [1.54, 1.807) is 0 Å². The molecular formula is C26H24Cl2F3N2O9-. The fourth-order valence-corrected chi connectivity index (χ4v) is 4.59. The monoisotopic (exact) mass is 635 g/mol. The lowest BCUT2D eigenvalue weighted by atomic mass is 10.00. The molecule has 1 saturated heterocycles. The Morgan fingerprint density at radius 1 is 1.07 bits per heavy atom. The number of piperazine rings is 1. The van der Waals surface area contributed by atoms with E-state index in [1.807, 2.05) is 11.9 Å².